The maximum atomic E-state index is 13.1. The van der Waals surface area contributed by atoms with E-state index in [1.54, 1.807) is 24.5 Å². The molecule has 1 unspecified atom stereocenters. The second kappa shape index (κ2) is 6.55. The summed E-state index contributed by atoms with van der Waals surface area (Å²) in [5.74, 6) is 5.45. The zero-order valence-corrected chi connectivity index (χ0v) is 12.4. The molecule has 0 aliphatic carbocycles. The molecule has 3 nitrogen and oxygen atoms in total. The number of aromatic nitrogens is 1. The molecule has 0 bridgehead atoms. The zero-order chi connectivity index (χ0) is 15.5. The lowest BCUT2D eigenvalue weighted by atomic mass is 9.95. The Morgan fingerprint density at radius 1 is 1.24 bits per heavy atom. The fraction of sp³-hybridized carbons (Fsp3) is 0.214. The summed E-state index contributed by atoms with van der Waals surface area (Å²) in [6, 6.07) is 6.55. The van der Waals surface area contributed by atoms with E-state index in [9.17, 15) is 13.2 Å². The van der Waals surface area contributed by atoms with Crippen molar-refractivity contribution in [3.05, 3.63) is 63.9 Å². The first-order chi connectivity index (χ1) is 9.91. The second-order valence-electron chi connectivity index (χ2n) is 4.52. The van der Waals surface area contributed by atoms with Crippen LogP contribution in [-0.4, -0.2) is 4.98 Å². The van der Waals surface area contributed by atoms with Gasteiger partial charge < -0.3 is 0 Å². The Kier molecular flexibility index (Phi) is 4.97. The van der Waals surface area contributed by atoms with Crippen LogP contribution in [0.3, 0.4) is 0 Å². The monoisotopic (exact) mass is 359 g/mol. The van der Waals surface area contributed by atoms with Crippen LogP contribution in [0.5, 0.6) is 0 Å². The number of nitrogens with two attached hydrogens (primary N) is 1. The second-order valence-corrected chi connectivity index (χ2v) is 5.44. The van der Waals surface area contributed by atoms with E-state index in [-0.39, 0.29) is 5.56 Å². The number of pyridine rings is 1. The van der Waals surface area contributed by atoms with Crippen LogP contribution in [0.1, 0.15) is 22.7 Å². The Bertz CT molecular complexity index is 616. The van der Waals surface area contributed by atoms with Gasteiger partial charge in [-0.1, -0.05) is 18.2 Å². The molecule has 7 heteroatoms. The molecule has 0 saturated carbocycles. The molecule has 2 rings (SSSR count). The van der Waals surface area contributed by atoms with Crippen LogP contribution in [0.4, 0.5) is 13.2 Å². The lowest BCUT2D eigenvalue weighted by Gasteiger charge is -2.21. The summed E-state index contributed by atoms with van der Waals surface area (Å²) >= 11 is 3.28. The van der Waals surface area contributed by atoms with Gasteiger partial charge in [-0.25, -0.2) is 0 Å². The third kappa shape index (κ3) is 4.03. The quantitative estimate of drug-likeness (QED) is 0.647. The summed E-state index contributed by atoms with van der Waals surface area (Å²) in [5, 5.41) is 0. The summed E-state index contributed by atoms with van der Waals surface area (Å²) < 4.78 is 39.9. The standard InChI is InChI=1S/C14H13BrF3N3/c15-10-5-9(7-20-8-10)6-13(21-19)11-3-1-2-4-12(11)14(16,17)18/h1-5,7-8,13,21H,6,19H2. The fourth-order valence-corrected chi connectivity index (χ4v) is 2.53. The van der Waals surface area contributed by atoms with Crippen LogP contribution in [-0.2, 0) is 12.6 Å². The van der Waals surface area contributed by atoms with Gasteiger partial charge in [-0.05, 0) is 45.6 Å². The van der Waals surface area contributed by atoms with Crippen molar-refractivity contribution in [1.82, 2.24) is 10.4 Å². The smallest absolute Gasteiger partial charge is 0.271 e. The number of benzene rings is 1. The Labute approximate surface area is 128 Å². The maximum Gasteiger partial charge on any atom is 0.416 e. The van der Waals surface area contributed by atoms with Gasteiger partial charge in [-0.3, -0.25) is 16.3 Å². The third-order valence-corrected chi connectivity index (χ3v) is 3.48. The Morgan fingerprint density at radius 2 is 1.95 bits per heavy atom. The molecule has 1 heterocycles. The summed E-state index contributed by atoms with van der Waals surface area (Å²) in [6.45, 7) is 0. The van der Waals surface area contributed by atoms with Crippen molar-refractivity contribution in [2.45, 2.75) is 18.6 Å². The van der Waals surface area contributed by atoms with Crippen molar-refractivity contribution in [2.24, 2.45) is 5.84 Å². The number of alkyl halides is 3. The van der Waals surface area contributed by atoms with E-state index in [4.69, 9.17) is 5.84 Å². The SMILES string of the molecule is NNC(Cc1cncc(Br)c1)c1ccccc1C(F)(F)F. The van der Waals surface area contributed by atoms with Crippen LogP contribution in [0.25, 0.3) is 0 Å². The van der Waals surface area contributed by atoms with Gasteiger partial charge in [0.1, 0.15) is 0 Å². The Balaban J connectivity index is 2.34. The molecular weight excluding hydrogens is 347 g/mol. The Hall–Kier alpha value is -1.44. The molecule has 2 aromatic rings. The molecular formula is C14H13BrF3N3. The first-order valence-electron chi connectivity index (χ1n) is 6.13. The minimum atomic E-state index is -4.42. The van der Waals surface area contributed by atoms with E-state index in [1.165, 1.54) is 12.1 Å². The van der Waals surface area contributed by atoms with E-state index in [1.807, 2.05) is 0 Å². The molecule has 0 aliphatic rings. The van der Waals surface area contributed by atoms with Gasteiger partial charge in [0.15, 0.2) is 0 Å². The number of hydrogen-bond donors (Lipinski definition) is 2. The molecule has 1 aromatic heterocycles. The van der Waals surface area contributed by atoms with Gasteiger partial charge in [0.2, 0.25) is 0 Å². The van der Waals surface area contributed by atoms with Crippen LogP contribution >= 0.6 is 15.9 Å². The van der Waals surface area contributed by atoms with Gasteiger partial charge in [0, 0.05) is 16.9 Å². The largest absolute Gasteiger partial charge is 0.416 e. The van der Waals surface area contributed by atoms with E-state index < -0.39 is 17.8 Å². The molecule has 0 fully saturated rings. The highest BCUT2D eigenvalue weighted by atomic mass is 79.9. The van der Waals surface area contributed by atoms with Crippen molar-refractivity contribution < 1.29 is 13.2 Å². The van der Waals surface area contributed by atoms with Crippen LogP contribution in [0, 0.1) is 0 Å². The molecule has 0 amide bonds. The fourth-order valence-electron chi connectivity index (χ4n) is 2.12. The normalized spacial score (nSPS) is 13.2. The molecule has 0 aliphatic heterocycles. The van der Waals surface area contributed by atoms with Crippen molar-refractivity contribution in [3.63, 3.8) is 0 Å². The number of halogens is 4. The van der Waals surface area contributed by atoms with Gasteiger partial charge in [-0.2, -0.15) is 13.2 Å². The molecule has 1 atom stereocenters. The van der Waals surface area contributed by atoms with Gasteiger partial charge >= 0.3 is 6.18 Å². The Morgan fingerprint density at radius 3 is 2.57 bits per heavy atom. The highest BCUT2D eigenvalue weighted by Crippen LogP contribution is 2.35. The molecule has 21 heavy (non-hydrogen) atoms. The first-order valence-corrected chi connectivity index (χ1v) is 6.93. The molecule has 1 aromatic carbocycles. The minimum Gasteiger partial charge on any atom is -0.271 e. The van der Waals surface area contributed by atoms with Crippen LogP contribution < -0.4 is 11.3 Å². The number of hydrazine groups is 1. The van der Waals surface area contributed by atoms with E-state index in [0.29, 0.717) is 6.42 Å². The zero-order valence-electron chi connectivity index (χ0n) is 10.9. The van der Waals surface area contributed by atoms with Crippen LogP contribution in [0.15, 0.2) is 47.2 Å². The lowest BCUT2D eigenvalue weighted by molar-refractivity contribution is -0.138. The predicted octanol–water partition coefficient (Wildman–Crippen LogP) is 3.61. The van der Waals surface area contributed by atoms with E-state index >= 15 is 0 Å². The number of hydrogen-bond acceptors (Lipinski definition) is 3. The average molecular weight is 360 g/mol. The molecule has 112 valence electrons. The van der Waals surface area contributed by atoms with Crippen molar-refractivity contribution in [2.75, 3.05) is 0 Å². The number of rotatable bonds is 4. The predicted molar refractivity (Wildman–Crippen MR) is 77.1 cm³/mol. The van der Waals surface area contributed by atoms with Crippen molar-refractivity contribution in [1.29, 1.82) is 0 Å². The third-order valence-electron chi connectivity index (χ3n) is 3.04. The molecule has 0 radical (unpaired) electrons. The highest BCUT2D eigenvalue weighted by Gasteiger charge is 2.34. The van der Waals surface area contributed by atoms with E-state index in [2.05, 4.69) is 26.3 Å². The van der Waals surface area contributed by atoms with Crippen molar-refractivity contribution >= 4 is 15.9 Å². The van der Waals surface area contributed by atoms with Gasteiger partial charge in [0.25, 0.3) is 0 Å². The molecule has 3 N–H and O–H groups in total. The number of nitrogens with zero attached hydrogens (tertiary/aromatic N) is 1. The van der Waals surface area contributed by atoms with Gasteiger partial charge in [0.05, 0.1) is 11.6 Å². The topological polar surface area (TPSA) is 50.9 Å². The summed E-state index contributed by atoms with van der Waals surface area (Å²) in [6.07, 6.45) is -0.902. The summed E-state index contributed by atoms with van der Waals surface area (Å²) in [4.78, 5) is 4.00. The summed E-state index contributed by atoms with van der Waals surface area (Å²) in [5.41, 5.74) is 2.67. The lowest BCUT2D eigenvalue weighted by Crippen LogP contribution is -2.31. The minimum absolute atomic E-state index is 0.118. The highest BCUT2D eigenvalue weighted by molar-refractivity contribution is 9.10. The average Bonchev–Trinajstić information content (AvgIpc) is 2.44. The molecule has 0 saturated heterocycles. The summed E-state index contributed by atoms with van der Waals surface area (Å²) in [7, 11) is 0. The van der Waals surface area contributed by atoms with Gasteiger partial charge in [-0.15, -0.1) is 0 Å². The number of nitrogens with one attached hydrogen (secondary N) is 1. The molecule has 0 spiro atoms. The van der Waals surface area contributed by atoms with Crippen molar-refractivity contribution in [3.8, 4) is 0 Å². The maximum absolute atomic E-state index is 13.1. The first kappa shape index (κ1) is 15.9. The van der Waals surface area contributed by atoms with Crippen LogP contribution in [0.2, 0.25) is 0 Å². The van der Waals surface area contributed by atoms with E-state index in [0.717, 1.165) is 16.1 Å².